The van der Waals surface area contributed by atoms with Crippen molar-refractivity contribution < 1.29 is 14.3 Å². The molecule has 1 aromatic carbocycles. The Labute approximate surface area is 157 Å². The first-order chi connectivity index (χ1) is 12.6. The molecule has 0 saturated carbocycles. The number of nitrogens with zero attached hydrogens (tertiary/aromatic N) is 1. The van der Waals surface area contributed by atoms with E-state index in [-0.39, 0.29) is 11.9 Å². The van der Waals surface area contributed by atoms with Crippen LogP contribution >= 0.6 is 11.3 Å². The minimum atomic E-state index is 0.00480. The molecule has 3 saturated heterocycles. The van der Waals surface area contributed by atoms with Gasteiger partial charge >= 0.3 is 0 Å². The number of ether oxygens (including phenoxy) is 2. The Hall–Kier alpha value is -2.05. The Morgan fingerprint density at radius 1 is 1.12 bits per heavy atom. The number of hydrogen-bond acceptors (Lipinski definition) is 5. The highest BCUT2D eigenvalue weighted by molar-refractivity contribution is 7.15. The number of hydrogen-bond donors (Lipinski definition) is 1. The second kappa shape index (κ2) is 7.29. The molecule has 2 unspecified atom stereocenters. The Bertz CT molecular complexity index is 764. The zero-order chi connectivity index (χ0) is 18.1. The van der Waals surface area contributed by atoms with Crippen molar-refractivity contribution in [3.05, 3.63) is 41.3 Å². The van der Waals surface area contributed by atoms with Gasteiger partial charge in [-0.1, -0.05) is 11.3 Å². The number of piperidine rings is 3. The molecule has 3 fully saturated rings. The van der Waals surface area contributed by atoms with Gasteiger partial charge in [0.15, 0.2) is 5.06 Å². The van der Waals surface area contributed by atoms with E-state index in [4.69, 9.17) is 9.47 Å². The van der Waals surface area contributed by atoms with Crippen LogP contribution in [0, 0.1) is 5.92 Å². The third-order valence-corrected chi connectivity index (χ3v) is 6.52. The maximum Gasteiger partial charge on any atom is 0.261 e. The number of thiophene rings is 1. The molecular weight excluding hydrogens is 348 g/mol. The largest absolute Gasteiger partial charge is 0.497 e. The predicted octanol–water partition coefficient (Wildman–Crippen LogP) is 3.76. The number of carbonyl (C=O) groups excluding carboxylic acids is 1. The monoisotopic (exact) mass is 372 g/mol. The van der Waals surface area contributed by atoms with E-state index in [1.165, 1.54) is 24.2 Å². The van der Waals surface area contributed by atoms with Crippen LogP contribution in [0.3, 0.4) is 0 Å². The van der Waals surface area contributed by atoms with Gasteiger partial charge in [0.1, 0.15) is 11.5 Å². The molecular formula is C20H24N2O3S. The lowest BCUT2D eigenvalue weighted by molar-refractivity contribution is 0.0218. The van der Waals surface area contributed by atoms with E-state index in [0.29, 0.717) is 21.9 Å². The molecule has 5 rings (SSSR count). The van der Waals surface area contributed by atoms with E-state index in [1.807, 2.05) is 36.4 Å². The van der Waals surface area contributed by atoms with Crippen LogP contribution < -0.4 is 14.8 Å². The van der Waals surface area contributed by atoms with Gasteiger partial charge in [0.05, 0.1) is 12.0 Å². The summed E-state index contributed by atoms with van der Waals surface area (Å²) in [5.41, 5.74) is 0. The van der Waals surface area contributed by atoms with Crippen LogP contribution in [0.4, 0.5) is 0 Å². The number of fused-ring (bicyclic) bond motifs is 3. The fraction of sp³-hybridized carbons (Fsp3) is 0.450. The smallest absolute Gasteiger partial charge is 0.261 e. The highest BCUT2D eigenvalue weighted by Crippen LogP contribution is 2.34. The fourth-order valence-electron chi connectivity index (χ4n) is 4.02. The standard InChI is InChI=1S/C20H24N2O3S/c1-13-19(14-9-11-22(13)12-10-14)21-20(23)17-7-8-18(26-17)25-16-5-3-15(24-2)4-6-16/h3-8,13-14,19H,9-12H2,1-2H3,(H,21,23). The van der Waals surface area contributed by atoms with Crippen molar-refractivity contribution in [1.82, 2.24) is 10.2 Å². The second-order valence-electron chi connectivity index (χ2n) is 7.01. The van der Waals surface area contributed by atoms with Crippen molar-refractivity contribution in [1.29, 1.82) is 0 Å². The summed E-state index contributed by atoms with van der Waals surface area (Å²) in [4.78, 5) is 15.9. The van der Waals surface area contributed by atoms with Crippen molar-refractivity contribution >= 4 is 17.2 Å². The Morgan fingerprint density at radius 3 is 2.46 bits per heavy atom. The molecule has 4 heterocycles. The van der Waals surface area contributed by atoms with E-state index in [0.717, 1.165) is 24.6 Å². The molecule has 6 heteroatoms. The molecule has 3 aliphatic rings. The van der Waals surface area contributed by atoms with E-state index in [1.54, 1.807) is 7.11 Å². The van der Waals surface area contributed by atoms with Gasteiger partial charge in [-0.2, -0.15) is 0 Å². The molecule has 3 aliphatic heterocycles. The molecule has 0 aliphatic carbocycles. The number of rotatable bonds is 5. The number of methoxy groups -OCH3 is 1. The highest BCUT2D eigenvalue weighted by atomic mass is 32.1. The van der Waals surface area contributed by atoms with Gasteiger partial charge in [-0.05, 0) is 75.2 Å². The van der Waals surface area contributed by atoms with E-state index < -0.39 is 0 Å². The summed E-state index contributed by atoms with van der Waals surface area (Å²) in [6.45, 7) is 4.55. The molecule has 5 nitrogen and oxygen atoms in total. The Balaban J connectivity index is 1.40. The maximum atomic E-state index is 12.7. The minimum absolute atomic E-state index is 0.00480. The summed E-state index contributed by atoms with van der Waals surface area (Å²) >= 11 is 1.38. The van der Waals surface area contributed by atoms with Crippen molar-refractivity contribution in [2.24, 2.45) is 5.92 Å². The predicted molar refractivity (Wildman–Crippen MR) is 102 cm³/mol. The van der Waals surface area contributed by atoms with Crippen LogP contribution in [0.2, 0.25) is 0 Å². The lowest BCUT2D eigenvalue weighted by Gasteiger charge is -2.49. The van der Waals surface area contributed by atoms with E-state index in [2.05, 4.69) is 17.1 Å². The summed E-state index contributed by atoms with van der Waals surface area (Å²) in [6.07, 6.45) is 2.37. The summed E-state index contributed by atoms with van der Waals surface area (Å²) in [5.74, 6) is 2.12. The van der Waals surface area contributed by atoms with E-state index >= 15 is 0 Å². The van der Waals surface area contributed by atoms with Gasteiger partial charge in [-0.25, -0.2) is 0 Å². The highest BCUT2D eigenvalue weighted by Gasteiger charge is 2.40. The van der Waals surface area contributed by atoms with Gasteiger partial charge < -0.3 is 14.8 Å². The molecule has 2 bridgehead atoms. The zero-order valence-corrected chi connectivity index (χ0v) is 15.9. The van der Waals surface area contributed by atoms with Crippen molar-refractivity contribution in [2.75, 3.05) is 20.2 Å². The summed E-state index contributed by atoms with van der Waals surface area (Å²) in [7, 11) is 1.63. The summed E-state index contributed by atoms with van der Waals surface area (Å²) in [6, 6.07) is 11.8. The maximum absolute atomic E-state index is 12.7. The second-order valence-corrected chi connectivity index (χ2v) is 8.06. The third-order valence-electron chi connectivity index (χ3n) is 5.56. The van der Waals surface area contributed by atoms with Gasteiger partial charge in [-0.15, -0.1) is 0 Å². The van der Waals surface area contributed by atoms with E-state index in [9.17, 15) is 4.79 Å². The first-order valence-corrected chi connectivity index (χ1v) is 9.92. The molecule has 2 aromatic rings. The lowest BCUT2D eigenvalue weighted by atomic mass is 9.79. The van der Waals surface area contributed by atoms with Crippen molar-refractivity contribution in [2.45, 2.75) is 31.8 Å². The van der Waals surface area contributed by atoms with Gasteiger partial charge in [0.2, 0.25) is 0 Å². The molecule has 2 atom stereocenters. The average Bonchev–Trinajstić information content (AvgIpc) is 3.14. The third kappa shape index (κ3) is 3.44. The van der Waals surface area contributed by atoms with Gasteiger partial charge in [0.25, 0.3) is 5.91 Å². The number of carbonyl (C=O) groups is 1. The topological polar surface area (TPSA) is 50.8 Å². The molecule has 1 amide bonds. The van der Waals surface area contributed by atoms with Crippen LogP contribution in [0.15, 0.2) is 36.4 Å². The molecule has 0 spiro atoms. The number of amides is 1. The fourth-order valence-corrected chi connectivity index (χ4v) is 4.80. The van der Waals surface area contributed by atoms with Crippen LogP contribution in [0.25, 0.3) is 0 Å². The number of benzene rings is 1. The molecule has 26 heavy (non-hydrogen) atoms. The summed E-state index contributed by atoms with van der Waals surface area (Å²) < 4.78 is 11.0. The van der Waals surface area contributed by atoms with Crippen LogP contribution in [-0.2, 0) is 0 Å². The molecule has 1 aromatic heterocycles. The zero-order valence-electron chi connectivity index (χ0n) is 15.1. The van der Waals surface area contributed by atoms with Crippen LogP contribution in [0.1, 0.15) is 29.4 Å². The van der Waals surface area contributed by atoms with Gasteiger partial charge in [0, 0.05) is 12.1 Å². The lowest BCUT2D eigenvalue weighted by Crippen LogP contribution is -2.62. The SMILES string of the molecule is COc1ccc(Oc2ccc(C(=O)NC3C4CCN(CC4)C3C)s2)cc1. The summed E-state index contributed by atoms with van der Waals surface area (Å²) in [5, 5.41) is 3.98. The Kier molecular flexibility index (Phi) is 4.87. The first kappa shape index (κ1) is 17.4. The van der Waals surface area contributed by atoms with Crippen molar-refractivity contribution in [3.63, 3.8) is 0 Å². The normalized spacial score (nSPS) is 27.2. The molecule has 138 valence electrons. The quantitative estimate of drug-likeness (QED) is 0.868. The van der Waals surface area contributed by atoms with Crippen LogP contribution in [-0.4, -0.2) is 43.1 Å². The first-order valence-electron chi connectivity index (χ1n) is 9.10. The Morgan fingerprint density at radius 2 is 1.81 bits per heavy atom. The van der Waals surface area contributed by atoms with Crippen LogP contribution in [0.5, 0.6) is 16.6 Å². The van der Waals surface area contributed by atoms with Crippen molar-refractivity contribution in [3.8, 4) is 16.6 Å². The average molecular weight is 372 g/mol. The van der Waals surface area contributed by atoms with Gasteiger partial charge in [-0.3, -0.25) is 9.69 Å². The molecule has 1 N–H and O–H groups in total. The minimum Gasteiger partial charge on any atom is -0.497 e. The molecule has 0 radical (unpaired) electrons. The number of nitrogens with one attached hydrogen (secondary N) is 1.